The smallest absolute Gasteiger partial charge is 0.115 e. The zero-order chi connectivity index (χ0) is 16.2. The Balaban J connectivity index is 1.45. The molecule has 128 valence electrons. The maximum Gasteiger partial charge on any atom is 0.115 e. The number of likely N-dealkylation sites (N-methyl/N-ethyl adjacent to an activating group) is 1. The highest BCUT2D eigenvalue weighted by molar-refractivity contribution is 5.25. The Morgan fingerprint density at radius 3 is 2.22 bits per heavy atom. The van der Waals surface area contributed by atoms with Crippen molar-refractivity contribution in [1.82, 2.24) is 14.7 Å². The molecule has 1 aromatic carbocycles. The van der Waals surface area contributed by atoms with Gasteiger partial charge in [0.25, 0.3) is 0 Å². The third-order valence-corrected chi connectivity index (χ3v) is 5.77. The van der Waals surface area contributed by atoms with Gasteiger partial charge in [-0.25, -0.2) is 0 Å². The van der Waals surface area contributed by atoms with E-state index in [-0.39, 0.29) is 0 Å². The van der Waals surface area contributed by atoms with Crippen molar-refractivity contribution in [3.63, 3.8) is 0 Å². The fourth-order valence-electron chi connectivity index (χ4n) is 3.98. The van der Waals surface area contributed by atoms with Crippen molar-refractivity contribution in [3.8, 4) is 5.75 Å². The van der Waals surface area contributed by atoms with Gasteiger partial charge in [-0.05, 0) is 63.5 Å². The highest BCUT2D eigenvalue weighted by Crippen LogP contribution is 2.25. The van der Waals surface area contributed by atoms with Crippen molar-refractivity contribution in [2.24, 2.45) is 5.92 Å². The number of nitrogens with zero attached hydrogens (tertiary/aromatic N) is 3. The average Bonchev–Trinajstić information content (AvgIpc) is 2.58. The SMILES string of the molecule is CC(C1CCN(Cc2ccc(O)cc2)CC1)N1CCN(C)CC1. The van der Waals surface area contributed by atoms with Crippen LogP contribution in [0.4, 0.5) is 0 Å². The first-order chi connectivity index (χ1) is 11.1. The van der Waals surface area contributed by atoms with Gasteiger partial charge >= 0.3 is 0 Å². The van der Waals surface area contributed by atoms with E-state index >= 15 is 0 Å². The maximum atomic E-state index is 9.38. The summed E-state index contributed by atoms with van der Waals surface area (Å²) in [6.07, 6.45) is 2.62. The highest BCUT2D eigenvalue weighted by Gasteiger charge is 2.29. The zero-order valence-corrected chi connectivity index (χ0v) is 14.6. The van der Waals surface area contributed by atoms with Crippen LogP contribution in [-0.4, -0.2) is 72.2 Å². The van der Waals surface area contributed by atoms with E-state index in [4.69, 9.17) is 0 Å². The highest BCUT2D eigenvalue weighted by atomic mass is 16.3. The average molecular weight is 317 g/mol. The fraction of sp³-hybridized carbons (Fsp3) is 0.684. The molecular formula is C19H31N3O. The Morgan fingerprint density at radius 2 is 1.61 bits per heavy atom. The third kappa shape index (κ3) is 4.46. The molecule has 0 saturated carbocycles. The summed E-state index contributed by atoms with van der Waals surface area (Å²) in [4.78, 5) is 7.68. The lowest BCUT2D eigenvalue weighted by Gasteiger charge is -2.42. The normalized spacial score (nSPS) is 23.9. The molecule has 1 N–H and O–H groups in total. The van der Waals surface area contributed by atoms with Crippen LogP contribution >= 0.6 is 0 Å². The van der Waals surface area contributed by atoms with E-state index < -0.39 is 0 Å². The summed E-state index contributed by atoms with van der Waals surface area (Å²) in [7, 11) is 2.23. The molecule has 1 atom stereocenters. The number of piperidine rings is 1. The van der Waals surface area contributed by atoms with E-state index in [1.54, 1.807) is 12.1 Å². The second-order valence-corrected chi connectivity index (χ2v) is 7.36. The van der Waals surface area contributed by atoms with E-state index in [1.165, 1.54) is 57.7 Å². The number of piperazine rings is 1. The molecule has 2 aliphatic heterocycles. The van der Waals surface area contributed by atoms with Gasteiger partial charge in [-0.15, -0.1) is 0 Å². The minimum Gasteiger partial charge on any atom is -0.508 e. The van der Waals surface area contributed by atoms with Gasteiger partial charge in [-0.2, -0.15) is 0 Å². The first kappa shape index (κ1) is 16.7. The summed E-state index contributed by atoms with van der Waals surface area (Å²) in [6.45, 7) is 10.7. The van der Waals surface area contributed by atoms with E-state index in [0.717, 1.165) is 18.5 Å². The van der Waals surface area contributed by atoms with Crippen LogP contribution in [0.15, 0.2) is 24.3 Å². The van der Waals surface area contributed by atoms with Gasteiger partial charge < -0.3 is 10.0 Å². The first-order valence-electron chi connectivity index (χ1n) is 9.04. The Hall–Kier alpha value is -1.10. The van der Waals surface area contributed by atoms with E-state index in [2.05, 4.69) is 28.7 Å². The molecule has 2 fully saturated rings. The predicted octanol–water partition coefficient (Wildman–Crippen LogP) is 2.24. The molecule has 1 unspecified atom stereocenters. The second-order valence-electron chi connectivity index (χ2n) is 7.36. The molecule has 23 heavy (non-hydrogen) atoms. The molecule has 2 heterocycles. The van der Waals surface area contributed by atoms with Gasteiger partial charge in [0.05, 0.1) is 0 Å². The monoisotopic (exact) mass is 317 g/mol. The lowest BCUT2D eigenvalue weighted by molar-refractivity contribution is 0.0598. The molecule has 0 bridgehead atoms. The zero-order valence-electron chi connectivity index (χ0n) is 14.6. The topological polar surface area (TPSA) is 30.0 Å². The van der Waals surface area contributed by atoms with Gasteiger partial charge in [0.2, 0.25) is 0 Å². The molecule has 2 aliphatic rings. The molecule has 3 rings (SSSR count). The van der Waals surface area contributed by atoms with Crippen molar-refractivity contribution in [3.05, 3.63) is 29.8 Å². The number of phenolic OH excluding ortho intramolecular Hbond substituents is 1. The van der Waals surface area contributed by atoms with Crippen LogP contribution in [0.25, 0.3) is 0 Å². The molecule has 4 nitrogen and oxygen atoms in total. The number of likely N-dealkylation sites (tertiary alicyclic amines) is 1. The number of hydrogen-bond acceptors (Lipinski definition) is 4. The van der Waals surface area contributed by atoms with Gasteiger partial charge in [-0.1, -0.05) is 12.1 Å². The van der Waals surface area contributed by atoms with Crippen LogP contribution in [0.1, 0.15) is 25.3 Å². The summed E-state index contributed by atoms with van der Waals surface area (Å²) in [5, 5.41) is 9.38. The van der Waals surface area contributed by atoms with Crippen molar-refractivity contribution in [2.45, 2.75) is 32.4 Å². The maximum absolute atomic E-state index is 9.38. The van der Waals surface area contributed by atoms with Crippen molar-refractivity contribution < 1.29 is 5.11 Å². The van der Waals surface area contributed by atoms with Crippen LogP contribution in [0.2, 0.25) is 0 Å². The van der Waals surface area contributed by atoms with E-state index in [1.807, 2.05) is 12.1 Å². The van der Waals surface area contributed by atoms with Crippen LogP contribution in [0.3, 0.4) is 0 Å². The summed E-state index contributed by atoms with van der Waals surface area (Å²) < 4.78 is 0. The van der Waals surface area contributed by atoms with Crippen molar-refractivity contribution in [2.75, 3.05) is 46.3 Å². The van der Waals surface area contributed by atoms with Gasteiger partial charge in [0, 0.05) is 38.8 Å². The summed E-state index contributed by atoms with van der Waals surface area (Å²) in [5.41, 5.74) is 1.30. The molecule has 0 aromatic heterocycles. The molecule has 2 saturated heterocycles. The van der Waals surface area contributed by atoms with E-state index in [0.29, 0.717) is 5.75 Å². The van der Waals surface area contributed by atoms with Crippen molar-refractivity contribution >= 4 is 0 Å². The van der Waals surface area contributed by atoms with Crippen LogP contribution < -0.4 is 0 Å². The summed E-state index contributed by atoms with van der Waals surface area (Å²) >= 11 is 0. The molecule has 0 aliphatic carbocycles. The second kappa shape index (κ2) is 7.65. The predicted molar refractivity (Wildman–Crippen MR) is 94.6 cm³/mol. The fourth-order valence-corrected chi connectivity index (χ4v) is 3.98. The molecular weight excluding hydrogens is 286 g/mol. The quantitative estimate of drug-likeness (QED) is 0.922. The number of rotatable bonds is 4. The van der Waals surface area contributed by atoms with Crippen molar-refractivity contribution in [1.29, 1.82) is 0 Å². The lowest BCUT2D eigenvalue weighted by atomic mass is 9.89. The third-order valence-electron chi connectivity index (χ3n) is 5.77. The number of benzene rings is 1. The van der Waals surface area contributed by atoms with Gasteiger partial charge in [0.15, 0.2) is 0 Å². The number of phenols is 1. The van der Waals surface area contributed by atoms with Crippen LogP contribution in [0, 0.1) is 5.92 Å². The first-order valence-corrected chi connectivity index (χ1v) is 9.04. The van der Waals surface area contributed by atoms with Crippen LogP contribution in [0.5, 0.6) is 5.75 Å². The van der Waals surface area contributed by atoms with Gasteiger partial charge in [-0.3, -0.25) is 9.80 Å². The molecule has 0 radical (unpaired) electrons. The Bertz CT molecular complexity index is 474. The standard InChI is InChI=1S/C19H31N3O/c1-16(22-13-11-20(2)12-14-22)18-7-9-21(10-8-18)15-17-3-5-19(23)6-4-17/h3-6,16,18,23H,7-15H2,1-2H3. The minimum absolute atomic E-state index is 0.355. The molecule has 0 spiro atoms. The Labute approximate surface area is 140 Å². The summed E-state index contributed by atoms with van der Waals surface area (Å²) in [5.74, 6) is 1.20. The Morgan fingerprint density at radius 1 is 1.00 bits per heavy atom. The molecule has 4 heteroatoms. The Kier molecular flexibility index (Phi) is 5.57. The lowest BCUT2D eigenvalue weighted by Crippen LogP contribution is -2.51. The largest absolute Gasteiger partial charge is 0.508 e. The molecule has 1 aromatic rings. The summed E-state index contributed by atoms with van der Waals surface area (Å²) in [6, 6.07) is 8.37. The number of hydrogen-bond donors (Lipinski definition) is 1. The minimum atomic E-state index is 0.355. The van der Waals surface area contributed by atoms with Gasteiger partial charge in [0.1, 0.15) is 5.75 Å². The number of aromatic hydroxyl groups is 1. The van der Waals surface area contributed by atoms with E-state index in [9.17, 15) is 5.11 Å². The molecule has 0 amide bonds. The van der Waals surface area contributed by atoms with Crippen LogP contribution in [-0.2, 0) is 6.54 Å².